The zero-order chi connectivity index (χ0) is 56.4. The number of rotatable bonds is 67. The number of amides is 1. The first kappa shape index (κ1) is 76.3. The summed E-state index contributed by atoms with van der Waals surface area (Å²) in [5, 5.41) is 23.2. The molecule has 1 amide bonds. The number of aliphatic hydroxyl groups excluding tert-OH is 2. The Labute approximate surface area is 488 Å². The summed E-state index contributed by atoms with van der Waals surface area (Å²) in [6.07, 6.45) is 85.4. The normalized spacial score (nSPS) is 12.6. The van der Waals surface area contributed by atoms with Gasteiger partial charge in [0.2, 0.25) is 5.91 Å². The molecule has 2 atom stereocenters. The van der Waals surface area contributed by atoms with E-state index >= 15 is 0 Å². The average molecular weight is 1100 g/mol. The minimum absolute atomic E-state index is 0.00983. The van der Waals surface area contributed by atoms with Crippen molar-refractivity contribution in [3.63, 3.8) is 0 Å². The molecule has 0 aromatic heterocycles. The van der Waals surface area contributed by atoms with Crippen molar-refractivity contribution in [2.45, 2.75) is 411 Å². The van der Waals surface area contributed by atoms with Gasteiger partial charge in [0.1, 0.15) is 0 Å². The van der Waals surface area contributed by atoms with Crippen molar-refractivity contribution in [3.05, 3.63) is 24.3 Å². The molecule has 0 aromatic rings. The van der Waals surface area contributed by atoms with E-state index in [1.807, 2.05) is 6.08 Å². The van der Waals surface area contributed by atoms with E-state index < -0.39 is 12.1 Å². The van der Waals surface area contributed by atoms with Crippen LogP contribution >= 0.6 is 0 Å². The van der Waals surface area contributed by atoms with Crippen LogP contribution in [0.4, 0.5) is 0 Å². The molecule has 6 heteroatoms. The summed E-state index contributed by atoms with van der Waals surface area (Å²) in [6, 6.07) is -0.626. The summed E-state index contributed by atoms with van der Waals surface area (Å²) < 4.78 is 5.49. The van der Waals surface area contributed by atoms with Gasteiger partial charge in [-0.25, -0.2) is 0 Å². The number of hydrogen-bond acceptors (Lipinski definition) is 5. The lowest BCUT2D eigenvalue weighted by atomic mass is 10.0. The summed E-state index contributed by atoms with van der Waals surface area (Å²) in [5.74, 6) is -0.0515. The van der Waals surface area contributed by atoms with Crippen molar-refractivity contribution in [1.82, 2.24) is 5.32 Å². The highest BCUT2D eigenvalue weighted by Crippen LogP contribution is 2.19. The number of allylic oxidation sites excluding steroid dienone is 3. The number of aliphatic hydroxyl groups is 2. The summed E-state index contributed by atoms with van der Waals surface area (Å²) in [6.45, 7) is 4.93. The van der Waals surface area contributed by atoms with Crippen LogP contribution in [-0.4, -0.2) is 47.4 Å². The zero-order valence-electron chi connectivity index (χ0n) is 52.9. The third-order valence-electron chi connectivity index (χ3n) is 16.7. The second-order valence-corrected chi connectivity index (χ2v) is 24.6. The van der Waals surface area contributed by atoms with Crippen molar-refractivity contribution in [3.8, 4) is 0 Å². The van der Waals surface area contributed by atoms with E-state index in [1.54, 1.807) is 6.08 Å². The van der Waals surface area contributed by atoms with Gasteiger partial charge in [0.15, 0.2) is 0 Å². The molecule has 0 aliphatic heterocycles. The Morgan fingerprint density at radius 1 is 0.346 bits per heavy atom. The van der Waals surface area contributed by atoms with Crippen LogP contribution in [0.2, 0.25) is 0 Å². The van der Waals surface area contributed by atoms with Gasteiger partial charge in [0, 0.05) is 12.8 Å². The van der Waals surface area contributed by atoms with Gasteiger partial charge in [-0.05, 0) is 57.8 Å². The Kier molecular flexibility index (Phi) is 66.4. The lowest BCUT2D eigenvalue weighted by molar-refractivity contribution is -0.143. The smallest absolute Gasteiger partial charge is 0.305 e. The van der Waals surface area contributed by atoms with Crippen LogP contribution in [0.5, 0.6) is 0 Å². The van der Waals surface area contributed by atoms with Gasteiger partial charge in [-0.1, -0.05) is 353 Å². The SMILES string of the molecule is CCCCCCC/C=C\CCCCCCCC(=O)OCCCCCCCCCCCCCCCCCCCCCCCCCCCCCC(=O)NC(CO)C(O)/C=C/CCCCCCCCCCCCCCCCCCCC. The minimum Gasteiger partial charge on any atom is -0.466 e. The maximum Gasteiger partial charge on any atom is 0.305 e. The predicted octanol–water partition coefficient (Wildman–Crippen LogP) is 22.9. The molecule has 0 saturated heterocycles. The van der Waals surface area contributed by atoms with Gasteiger partial charge in [-0.3, -0.25) is 9.59 Å². The van der Waals surface area contributed by atoms with E-state index in [-0.39, 0.29) is 18.5 Å². The predicted molar refractivity (Wildman–Crippen MR) is 343 cm³/mol. The molecule has 0 bridgehead atoms. The highest BCUT2D eigenvalue weighted by molar-refractivity contribution is 5.76. The quantitative estimate of drug-likeness (QED) is 0.0320. The molecule has 0 heterocycles. The van der Waals surface area contributed by atoms with E-state index in [2.05, 4.69) is 31.3 Å². The monoisotopic (exact) mass is 1100 g/mol. The fraction of sp³-hybridized carbons (Fsp3) is 0.917. The number of hydrogen-bond donors (Lipinski definition) is 3. The molecule has 2 unspecified atom stereocenters. The Balaban J connectivity index is 3.37. The first-order valence-electron chi connectivity index (χ1n) is 35.6. The number of carbonyl (C=O) groups is 2. The number of ether oxygens (including phenoxy) is 1. The van der Waals surface area contributed by atoms with Gasteiger partial charge in [0.05, 0.1) is 25.4 Å². The molecule has 0 spiro atoms. The second-order valence-electron chi connectivity index (χ2n) is 24.6. The molecule has 0 aromatic carbocycles. The lowest BCUT2D eigenvalue weighted by Crippen LogP contribution is -2.45. The largest absolute Gasteiger partial charge is 0.466 e. The third-order valence-corrected chi connectivity index (χ3v) is 16.7. The van der Waals surface area contributed by atoms with Crippen LogP contribution < -0.4 is 5.32 Å². The van der Waals surface area contributed by atoms with Crippen LogP contribution in [0, 0.1) is 0 Å². The first-order valence-corrected chi connectivity index (χ1v) is 35.6. The summed E-state index contributed by atoms with van der Waals surface area (Å²) >= 11 is 0. The standard InChI is InChI=1S/C72H139NO5/c1-3-5-7-9-11-13-15-17-19-20-21-31-34-37-40-44-48-52-56-60-64-70(75)69(68-74)73-71(76)65-61-57-53-49-45-41-38-35-32-29-27-25-23-22-24-26-28-30-33-36-39-43-47-51-55-59-63-67-78-72(77)66-62-58-54-50-46-42-18-16-14-12-10-8-6-4-2/h16,18,60,64,69-70,74-75H,3-15,17,19-59,61-63,65-68H2,1-2H3,(H,73,76)/b18-16-,64-60+. The lowest BCUT2D eigenvalue weighted by Gasteiger charge is -2.20. The summed E-state index contributed by atoms with van der Waals surface area (Å²) in [7, 11) is 0. The third kappa shape index (κ3) is 63.5. The highest BCUT2D eigenvalue weighted by atomic mass is 16.5. The van der Waals surface area contributed by atoms with E-state index in [0.29, 0.717) is 19.4 Å². The van der Waals surface area contributed by atoms with Crippen LogP contribution in [0.25, 0.3) is 0 Å². The Hall–Kier alpha value is -1.66. The average Bonchev–Trinajstić information content (AvgIpc) is 3.44. The Bertz CT molecular complexity index is 1220. The van der Waals surface area contributed by atoms with Gasteiger partial charge in [-0.2, -0.15) is 0 Å². The number of carbonyl (C=O) groups excluding carboxylic acids is 2. The molecule has 3 N–H and O–H groups in total. The molecule has 0 aliphatic rings. The van der Waals surface area contributed by atoms with Crippen molar-refractivity contribution < 1.29 is 24.5 Å². The van der Waals surface area contributed by atoms with E-state index in [9.17, 15) is 19.8 Å². The van der Waals surface area contributed by atoms with E-state index in [0.717, 1.165) is 44.9 Å². The molecule has 0 saturated carbocycles. The summed E-state index contributed by atoms with van der Waals surface area (Å²) in [4.78, 5) is 24.6. The summed E-state index contributed by atoms with van der Waals surface area (Å²) in [5.41, 5.74) is 0. The fourth-order valence-electron chi connectivity index (χ4n) is 11.3. The molecule has 78 heavy (non-hydrogen) atoms. The van der Waals surface area contributed by atoms with Crippen LogP contribution in [-0.2, 0) is 14.3 Å². The minimum atomic E-state index is -0.843. The number of nitrogens with one attached hydrogen (secondary N) is 1. The molecular formula is C72H139NO5. The number of unbranched alkanes of at least 4 members (excludes halogenated alkanes) is 54. The number of esters is 1. The molecular weight excluding hydrogens is 959 g/mol. The van der Waals surface area contributed by atoms with Crippen molar-refractivity contribution in [1.29, 1.82) is 0 Å². The zero-order valence-corrected chi connectivity index (χ0v) is 52.9. The van der Waals surface area contributed by atoms with Gasteiger partial charge >= 0.3 is 5.97 Å². The topological polar surface area (TPSA) is 95.9 Å². The van der Waals surface area contributed by atoms with Crippen LogP contribution in [0.15, 0.2) is 24.3 Å². The molecule has 0 radical (unpaired) electrons. The maximum atomic E-state index is 12.5. The second kappa shape index (κ2) is 67.8. The van der Waals surface area contributed by atoms with E-state index in [1.165, 1.54) is 327 Å². The fourth-order valence-corrected chi connectivity index (χ4v) is 11.3. The van der Waals surface area contributed by atoms with Crippen molar-refractivity contribution in [2.75, 3.05) is 13.2 Å². The molecule has 0 aliphatic carbocycles. The molecule has 0 rings (SSSR count). The van der Waals surface area contributed by atoms with Crippen LogP contribution in [0.3, 0.4) is 0 Å². The van der Waals surface area contributed by atoms with E-state index in [4.69, 9.17) is 4.74 Å². The Morgan fingerprint density at radius 3 is 0.910 bits per heavy atom. The van der Waals surface area contributed by atoms with Crippen molar-refractivity contribution >= 4 is 11.9 Å². The Morgan fingerprint density at radius 2 is 0.603 bits per heavy atom. The molecule has 462 valence electrons. The van der Waals surface area contributed by atoms with Crippen LogP contribution in [0.1, 0.15) is 399 Å². The van der Waals surface area contributed by atoms with Gasteiger partial charge < -0.3 is 20.3 Å². The highest BCUT2D eigenvalue weighted by Gasteiger charge is 2.18. The molecule has 0 fully saturated rings. The first-order chi connectivity index (χ1) is 38.5. The maximum absolute atomic E-state index is 12.5. The molecule has 6 nitrogen and oxygen atoms in total. The van der Waals surface area contributed by atoms with Gasteiger partial charge in [0.25, 0.3) is 0 Å². The van der Waals surface area contributed by atoms with Crippen molar-refractivity contribution in [2.24, 2.45) is 0 Å². The van der Waals surface area contributed by atoms with Gasteiger partial charge in [-0.15, -0.1) is 0 Å².